The minimum atomic E-state index is -1.25. The van der Waals surface area contributed by atoms with Gasteiger partial charge in [0.25, 0.3) is 0 Å². The van der Waals surface area contributed by atoms with Gasteiger partial charge in [-0.25, -0.2) is 0 Å². The molecule has 6 nitrogen and oxygen atoms in total. The molecular formula is C14H18O6. The molecule has 0 aliphatic carbocycles. The van der Waals surface area contributed by atoms with Gasteiger partial charge in [0, 0.05) is 5.56 Å². The van der Waals surface area contributed by atoms with Crippen LogP contribution in [-0.2, 0) is 19.0 Å². The molecule has 2 atom stereocenters. The monoisotopic (exact) mass is 282 g/mol. The molecule has 1 aromatic rings. The first-order chi connectivity index (χ1) is 9.63. The zero-order chi connectivity index (χ0) is 14.5. The van der Waals surface area contributed by atoms with Gasteiger partial charge in [-0.1, -0.05) is 24.3 Å². The third kappa shape index (κ3) is 3.34. The topological polar surface area (TPSA) is 85.2 Å². The highest BCUT2D eigenvalue weighted by molar-refractivity contribution is 5.69. The van der Waals surface area contributed by atoms with Crippen molar-refractivity contribution in [3.8, 4) is 0 Å². The Balaban J connectivity index is 2.16. The Hall–Kier alpha value is -1.47. The maximum atomic E-state index is 11.2. The predicted molar refractivity (Wildman–Crippen MR) is 68.7 cm³/mol. The van der Waals surface area contributed by atoms with Crippen molar-refractivity contribution in [2.45, 2.75) is 24.9 Å². The van der Waals surface area contributed by atoms with Crippen molar-refractivity contribution >= 4 is 5.97 Å². The quantitative estimate of drug-likeness (QED) is 0.773. The molecule has 1 fully saturated rings. The van der Waals surface area contributed by atoms with Crippen molar-refractivity contribution < 1.29 is 29.2 Å². The zero-order valence-corrected chi connectivity index (χ0v) is 11.2. The maximum absolute atomic E-state index is 11.2. The minimum absolute atomic E-state index is 0.279. The van der Waals surface area contributed by atoms with Crippen LogP contribution >= 0.6 is 0 Å². The van der Waals surface area contributed by atoms with Gasteiger partial charge in [0.1, 0.15) is 6.10 Å². The Morgan fingerprint density at radius 2 is 2.00 bits per heavy atom. The van der Waals surface area contributed by atoms with Crippen LogP contribution < -0.4 is 0 Å². The maximum Gasteiger partial charge on any atom is 0.308 e. The normalized spacial score (nSPS) is 18.8. The number of ether oxygens (including phenoxy) is 3. The van der Waals surface area contributed by atoms with E-state index in [1.807, 2.05) is 0 Å². The number of benzene rings is 1. The van der Waals surface area contributed by atoms with E-state index in [9.17, 15) is 15.0 Å². The molecule has 1 heterocycles. The Kier molecular flexibility index (Phi) is 5.08. The number of carbonyl (C=O) groups excluding carboxylic acids is 1. The molecule has 1 aliphatic heterocycles. The van der Waals surface area contributed by atoms with Crippen LogP contribution in [0.25, 0.3) is 0 Å². The fraction of sp³-hybridized carbons (Fsp3) is 0.500. The van der Waals surface area contributed by atoms with Gasteiger partial charge in [0.05, 0.1) is 32.8 Å². The van der Waals surface area contributed by atoms with Crippen LogP contribution in [-0.4, -0.2) is 42.6 Å². The highest BCUT2D eigenvalue weighted by Crippen LogP contribution is 2.31. The van der Waals surface area contributed by atoms with Gasteiger partial charge in [-0.05, 0) is 5.56 Å². The second kappa shape index (κ2) is 6.81. The highest BCUT2D eigenvalue weighted by atomic mass is 16.7. The van der Waals surface area contributed by atoms with Gasteiger partial charge < -0.3 is 24.4 Å². The fourth-order valence-electron chi connectivity index (χ4n) is 2.11. The lowest BCUT2D eigenvalue weighted by molar-refractivity contribution is -0.144. The summed E-state index contributed by atoms with van der Waals surface area (Å²) in [4.78, 5) is 11.2. The van der Waals surface area contributed by atoms with Crippen molar-refractivity contribution in [1.82, 2.24) is 0 Å². The molecule has 1 aromatic carbocycles. The second-order valence-corrected chi connectivity index (χ2v) is 4.49. The van der Waals surface area contributed by atoms with Gasteiger partial charge in [-0.15, -0.1) is 0 Å². The van der Waals surface area contributed by atoms with Crippen LogP contribution in [0.2, 0.25) is 0 Å². The highest BCUT2D eigenvalue weighted by Gasteiger charge is 2.28. The summed E-state index contributed by atoms with van der Waals surface area (Å²) in [5.74, 6) is -0.581. The van der Waals surface area contributed by atoms with E-state index in [4.69, 9.17) is 9.47 Å². The largest absolute Gasteiger partial charge is 0.469 e. The average Bonchev–Trinajstić information content (AvgIpc) is 3.00. The lowest BCUT2D eigenvalue weighted by atomic mass is 9.97. The number of methoxy groups -OCH3 is 1. The van der Waals surface area contributed by atoms with Crippen molar-refractivity contribution in [2.24, 2.45) is 0 Å². The van der Waals surface area contributed by atoms with Gasteiger partial charge in [-0.3, -0.25) is 4.79 Å². The van der Waals surface area contributed by atoms with Crippen LogP contribution in [0.1, 0.15) is 29.9 Å². The zero-order valence-electron chi connectivity index (χ0n) is 11.2. The summed E-state index contributed by atoms with van der Waals surface area (Å²) in [7, 11) is 1.23. The molecule has 0 amide bonds. The molecule has 2 unspecified atom stereocenters. The molecule has 0 spiro atoms. The standard InChI is InChI=1S/C14H18O6/c1-18-12(16)8-11(15)13(17)9-4-2-3-5-10(9)14-19-6-7-20-14/h2-5,11,13-15,17H,6-8H2,1H3. The van der Waals surface area contributed by atoms with E-state index in [0.717, 1.165) is 0 Å². The number of hydrogen-bond donors (Lipinski definition) is 2. The van der Waals surface area contributed by atoms with E-state index >= 15 is 0 Å². The number of rotatable bonds is 5. The molecule has 110 valence electrons. The lowest BCUT2D eigenvalue weighted by Crippen LogP contribution is -2.24. The Labute approximate surface area is 116 Å². The Morgan fingerprint density at radius 1 is 1.35 bits per heavy atom. The third-order valence-corrected chi connectivity index (χ3v) is 3.16. The Bertz CT molecular complexity index is 455. The molecule has 1 saturated heterocycles. The van der Waals surface area contributed by atoms with E-state index in [1.54, 1.807) is 24.3 Å². The smallest absolute Gasteiger partial charge is 0.308 e. The van der Waals surface area contributed by atoms with Crippen LogP contribution in [0.3, 0.4) is 0 Å². The second-order valence-electron chi connectivity index (χ2n) is 4.49. The van der Waals surface area contributed by atoms with Crippen LogP contribution in [0.5, 0.6) is 0 Å². The minimum Gasteiger partial charge on any atom is -0.469 e. The van der Waals surface area contributed by atoms with Crippen LogP contribution in [0.15, 0.2) is 24.3 Å². The molecule has 6 heteroatoms. The molecule has 2 rings (SSSR count). The summed E-state index contributed by atoms with van der Waals surface area (Å²) >= 11 is 0. The molecule has 0 saturated carbocycles. The summed E-state index contributed by atoms with van der Waals surface area (Å²) in [6.45, 7) is 0.972. The fourth-order valence-corrected chi connectivity index (χ4v) is 2.11. The van der Waals surface area contributed by atoms with E-state index in [0.29, 0.717) is 24.3 Å². The average molecular weight is 282 g/mol. The number of aliphatic hydroxyl groups excluding tert-OH is 2. The van der Waals surface area contributed by atoms with E-state index in [1.165, 1.54) is 7.11 Å². The molecular weight excluding hydrogens is 264 g/mol. The van der Waals surface area contributed by atoms with Crippen LogP contribution in [0.4, 0.5) is 0 Å². The summed E-state index contributed by atoms with van der Waals surface area (Å²) in [6.07, 6.45) is -3.28. The first-order valence-corrected chi connectivity index (χ1v) is 6.38. The number of hydrogen-bond acceptors (Lipinski definition) is 6. The van der Waals surface area contributed by atoms with E-state index in [-0.39, 0.29) is 6.42 Å². The Morgan fingerprint density at radius 3 is 2.65 bits per heavy atom. The summed E-state index contributed by atoms with van der Waals surface area (Å²) in [6, 6.07) is 6.97. The summed E-state index contributed by atoms with van der Waals surface area (Å²) < 4.78 is 15.3. The van der Waals surface area contributed by atoms with Crippen molar-refractivity contribution in [2.75, 3.05) is 20.3 Å². The summed E-state index contributed by atoms with van der Waals surface area (Å²) in [5, 5.41) is 20.1. The molecule has 2 N–H and O–H groups in total. The van der Waals surface area contributed by atoms with Crippen LogP contribution in [0, 0.1) is 0 Å². The first kappa shape index (κ1) is 14.9. The first-order valence-electron chi connectivity index (χ1n) is 6.38. The van der Waals surface area contributed by atoms with Crippen molar-refractivity contribution in [3.63, 3.8) is 0 Å². The van der Waals surface area contributed by atoms with Gasteiger partial charge in [0.15, 0.2) is 6.29 Å². The molecule has 0 aromatic heterocycles. The van der Waals surface area contributed by atoms with Gasteiger partial charge in [-0.2, -0.15) is 0 Å². The number of carbonyl (C=O) groups is 1. The third-order valence-electron chi connectivity index (χ3n) is 3.16. The predicted octanol–water partition coefficient (Wildman–Crippen LogP) is 0.689. The SMILES string of the molecule is COC(=O)CC(O)C(O)c1ccccc1C1OCCO1. The molecule has 0 radical (unpaired) electrons. The summed E-state index contributed by atoms with van der Waals surface area (Å²) in [5.41, 5.74) is 1.14. The molecule has 20 heavy (non-hydrogen) atoms. The van der Waals surface area contributed by atoms with Crippen molar-refractivity contribution in [1.29, 1.82) is 0 Å². The number of aliphatic hydroxyl groups is 2. The van der Waals surface area contributed by atoms with Crippen molar-refractivity contribution in [3.05, 3.63) is 35.4 Å². The van der Waals surface area contributed by atoms with Gasteiger partial charge >= 0.3 is 5.97 Å². The van der Waals surface area contributed by atoms with E-state index in [2.05, 4.69) is 4.74 Å². The number of esters is 1. The van der Waals surface area contributed by atoms with E-state index < -0.39 is 24.5 Å². The molecule has 0 bridgehead atoms. The lowest BCUT2D eigenvalue weighted by Gasteiger charge is -2.22. The molecule has 1 aliphatic rings. The van der Waals surface area contributed by atoms with Gasteiger partial charge in [0.2, 0.25) is 0 Å².